The highest BCUT2D eigenvalue weighted by Crippen LogP contribution is 2.38. The van der Waals surface area contributed by atoms with Crippen LogP contribution in [0, 0.1) is 0 Å². The lowest BCUT2D eigenvalue weighted by Gasteiger charge is -2.12. The van der Waals surface area contributed by atoms with Gasteiger partial charge >= 0.3 is 6.18 Å². The second kappa shape index (κ2) is 11.0. The summed E-state index contributed by atoms with van der Waals surface area (Å²) in [6.07, 6.45) is 0.313. The molecular formula is C25H28F3N3O5S. The standard InChI is InChI=1S/C25H28F3N3O5S/c1-3-6-18-22(10-9-19-23(18)36-30-24(19)25(26,27)28)34-15-5-13-31-14-11-17-20(31)7-4-8-21(17)35-16-12-29-37(2,32)33/h4,7-11,14,29H,3,5-6,12-13,15-16H2,1-2H3. The van der Waals surface area contributed by atoms with E-state index in [9.17, 15) is 21.6 Å². The molecule has 0 unspecified atom stereocenters. The molecule has 0 aliphatic rings. The van der Waals surface area contributed by atoms with Gasteiger partial charge in [0.1, 0.15) is 18.1 Å². The van der Waals surface area contributed by atoms with Crippen LogP contribution in [0.25, 0.3) is 21.9 Å². The predicted octanol–water partition coefficient (Wildman–Crippen LogP) is 5.15. The van der Waals surface area contributed by atoms with E-state index in [0.29, 0.717) is 49.5 Å². The Hall–Kier alpha value is -3.25. The maximum Gasteiger partial charge on any atom is 0.437 e. The minimum Gasteiger partial charge on any atom is -0.493 e. The Bertz CT molecular complexity index is 1480. The van der Waals surface area contributed by atoms with Gasteiger partial charge in [0.15, 0.2) is 11.3 Å². The van der Waals surface area contributed by atoms with Crippen molar-refractivity contribution in [2.45, 2.75) is 38.9 Å². The van der Waals surface area contributed by atoms with Crippen LogP contribution in [-0.2, 0) is 29.2 Å². The normalized spacial score (nSPS) is 12.5. The van der Waals surface area contributed by atoms with E-state index < -0.39 is 21.9 Å². The summed E-state index contributed by atoms with van der Waals surface area (Å²) in [7, 11) is -3.27. The molecule has 0 atom stereocenters. The third kappa shape index (κ3) is 6.37. The first-order valence-corrected chi connectivity index (χ1v) is 13.7. The maximum absolute atomic E-state index is 13.2. The fourth-order valence-corrected chi connectivity index (χ4v) is 4.64. The predicted molar refractivity (Wildman–Crippen MR) is 133 cm³/mol. The molecule has 2 aromatic heterocycles. The van der Waals surface area contributed by atoms with Gasteiger partial charge in [-0.2, -0.15) is 13.2 Å². The Kier molecular flexibility index (Phi) is 7.98. The van der Waals surface area contributed by atoms with Gasteiger partial charge in [0, 0.05) is 30.2 Å². The molecule has 0 aliphatic carbocycles. The zero-order valence-electron chi connectivity index (χ0n) is 20.5. The quantitative estimate of drug-likeness (QED) is 0.250. The lowest BCUT2D eigenvalue weighted by molar-refractivity contribution is -0.141. The molecule has 200 valence electrons. The summed E-state index contributed by atoms with van der Waals surface area (Å²) < 4.78 is 83.3. The van der Waals surface area contributed by atoms with Crippen LogP contribution in [0.1, 0.15) is 31.0 Å². The molecular weight excluding hydrogens is 511 g/mol. The zero-order valence-corrected chi connectivity index (χ0v) is 21.3. The largest absolute Gasteiger partial charge is 0.493 e. The van der Waals surface area contributed by atoms with Crippen LogP contribution >= 0.6 is 0 Å². The number of alkyl halides is 3. The fourth-order valence-electron chi connectivity index (χ4n) is 4.19. The summed E-state index contributed by atoms with van der Waals surface area (Å²) >= 11 is 0. The number of hydrogen-bond donors (Lipinski definition) is 1. The second-order valence-electron chi connectivity index (χ2n) is 8.61. The molecule has 0 fully saturated rings. The molecule has 0 radical (unpaired) electrons. The van der Waals surface area contributed by atoms with Crippen LogP contribution in [0.3, 0.4) is 0 Å². The van der Waals surface area contributed by atoms with E-state index in [4.69, 9.17) is 14.0 Å². The highest BCUT2D eigenvalue weighted by Gasteiger charge is 2.37. The summed E-state index contributed by atoms with van der Waals surface area (Å²) in [4.78, 5) is 0. The number of rotatable bonds is 12. The smallest absolute Gasteiger partial charge is 0.437 e. The van der Waals surface area contributed by atoms with Gasteiger partial charge in [-0.25, -0.2) is 13.1 Å². The van der Waals surface area contributed by atoms with Crippen LogP contribution < -0.4 is 14.2 Å². The average Bonchev–Trinajstić information content (AvgIpc) is 3.45. The number of aryl methyl sites for hydroxylation is 2. The molecule has 8 nitrogen and oxygen atoms in total. The Morgan fingerprint density at radius 2 is 1.84 bits per heavy atom. The summed E-state index contributed by atoms with van der Waals surface area (Å²) in [5, 5.41) is 4.10. The molecule has 1 N–H and O–H groups in total. The van der Waals surface area contributed by atoms with Crippen molar-refractivity contribution < 1.29 is 35.6 Å². The maximum atomic E-state index is 13.2. The number of fused-ring (bicyclic) bond motifs is 2. The number of benzene rings is 2. The van der Waals surface area contributed by atoms with Crippen molar-refractivity contribution in [3.8, 4) is 11.5 Å². The molecule has 12 heteroatoms. The number of sulfonamides is 1. The molecule has 2 heterocycles. The van der Waals surface area contributed by atoms with Gasteiger partial charge in [-0.05, 0) is 43.2 Å². The first-order chi connectivity index (χ1) is 17.6. The van der Waals surface area contributed by atoms with Gasteiger partial charge in [0.2, 0.25) is 10.0 Å². The number of nitrogens with one attached hydrogen (secondary N) is 1. The number of hydrogen-bond acceptors (Lipinski definition) is 6. The van der Waals surface area contributed by atoms with E-state index in [1.54, 1.807) is 6.07 Å². The van der Waals surface area contributed by atoms with Gasteiger partial charge in [-0.15, -0.1) is 0 Å². The summed E-state index contributed by atoms with van der Waals surface area (Å²) in [5.41, 5.74) is 0.632. The molecule has 0 amide bonds. The minimum absolute atomic E-state index is 0.0627. The Morgan fingerprint density at radius 1 is 1.05 bits per heavy atom. The molecule has 37 heavy (non-hydrogen) atoms. The summed E-state index contributed by atoms with van der Waals surface area (Å²) in [6.45, 7) is 3.31. The Balaban J connectivity index is 1.40. The van der Waals surface area contributed by atoms with E-state index in [1.165, 1.54) is 6.07 Å². The van der Waals surface area contributed by atoms with Gasteiger partial charge in [0.05, 0.1) is 23.8 Å². The number of halogens is 3. The molecule has 4 rings (SSSR count). The molecule has 0 bridgehead atoms. The fraction of sp³-hybridized carbons (Fsp3) is 0.400. The topological polar surface area (TPSA) is 95.6 Å². The highest BCUT2D eigenvalue weighted by molar-refractivity contribution is 7.88. The molecule has 2 aromatic carbocycles. The van der Waals surface area contributed by atoms with Crippen molar-refractivity contribution >= 4 is 31.9 Å². The van der Waals surface area contributed by atoms with Gasteiger partial charge in [0.25, 0.3) is 0 Å². The second-order valence-corrected chi connectivity index (χ2v) is 10.4. The minimum atomic E-state index is -4.59. The number of ether oxygens (including phenoxy) is 2. The van der Waals surface area contributed by atoms with Crippen molar-refractivity contribution in [2.75, 3.05) is 26.0 Å². The van der Waals surface area contributed by atoms with E-state index in [1.807, 2.05) is 37.4 Å². The summed E-state index contributed by atoms with van der Waals surface area (Å²) in [5.74, 6) is 1.15. The molecule has 0 aliphatic heterocycles. The molecule has 4 aromatic rings. The van der Waals surface area contributed by atoms with Crippen LogP contribution in [0.2, 0.25) is 0 Å². The molecule has 0 saturated heterocycles. The van der Waals surface area contributed by atoms with Gasteiger partial charge in [-0.1, -0.05) is 24.6 Å². The Morgan fingerprint density at radius 3 is 2.57 bits per heavy atom. The van der Waals surface area contributed by atoms with Crippen molar-refractivity contribution in [1.82, 2.24) is 14.4 Å². The lowest BCUT2D eigenvalue weighted by Crippen LogP contribution is -2.26. The van der Waals surface area contributed by atoms with Crippen LogP contribution in [0.4, 0.5) is 13.2 Å². The SMILES string of the molecule is CCCc1c(OCCCn2ccc3c(OCCNS(C)(=O)=O)cccc32)ccc2c(C(F)(F)F)noc12. The van der Waals surface area contributed by atoms with E-state index in [-0.39, 0.29) is 24.1 Å². The van der Waals surface area contributed by atoms with E-state index >= 15 is 0 Å². The third-order valence-corrected chi connectivity index (χ3v) is 6.50. The highest BCUT2D eigenvalue weighted by atomic mass is 32.2. The Labute approximate surface area is 212 Å². The van der Waals surface area contributed by atoms with Crippen molar-refractivity contribution in [2.24, 2.45) is 0 Å². The van der Waals surface area contributed by atoms with E-state index in [0.717, 1.165) is 17.2 Å². The zero-order chi connectivity index (χ0) is 26.6. The summed E-state index contributed by atoms with van der Waals surface area (Å²) in [6, 6.07) is 10.5. The van der Waals surface area contributed by atoms with Gasteiger partial charge in [-0.3, -0.25) is 0 Å². The van der Waals surface area contributed by atoms with Gasteiger partial charge < -0.3 is 18.6 Å². The molecule has 0 saturated carbocycles. The monoisotopic (exact) mass is 539 g/mol. The molecule has 0 spiro atoms. The first kappa shape index (κ1) is 26.8. The van der Waals surface area contributed by atoms with Crippen LogP contribution in [0.15, 0.2) is 47.1 Å². The van der Waals surface area contributed by atoms with E-state index in [2.05, 4.69) is 14.4 Å². The lowest BCUT2D eigenvalue weighted by atomic mass is 10.0. The number of aromatic nitrogens is 2. The van der Waals surface area contributed by atoms with Crippen molar-refractivity contribution in [1.29, 1.82) is 0 Å². The number of nitrogens with zero attached hydrogens (tertiary/aromatic N) is 2. The van der Waals surface area contributed by atoms with Crippen molar-refractivity contribution in [3.05, 3.63) is 53.9 Å². The van der Waals surface area contributed by atoms with Crippen LogP contribution in [-0.4, -0.2) is 44.2 Å². The third-order valence-electron chi connectivity index (χ3n) is 5.77. The average molecular weight is 540 g/mol. The van der Waals surface area contributed by atoms with Crippen LogP contribution in [0.5, 0.6) is 11.5 Å². The van der Waals surface area contributed by atoms with Crippen molar-refractivity contribution in [3.63, 3.8) is 0 Å². The first-order valence-electron chi connectivity index (χ1n) is 11.8.